The normalized spacial score (nSPS) is 14.1. The van der Waals surface area contributed by atoms with Gasteiger partial charge < -0.3 is 19.5 Å². The molecule has 8 nitrogen and oxygen atoms in total. The van der Waals surface area contributed by atoms with Crippen molar-refractivity contribution in [2.24, 2.45) is 0 Å². The van der Waals surface area contributed by atoms with Gasteiger partial charge in [0.25, 0.3) is 17.1 Å². The fourth-order valence-corrected chi connectivity index (χ4v) is 4.77. The van der Waals surface area contributed by atoms with Gasteiger partial charge in [0.1, 0.15) is 11.6 Å². The Balaban J connectivity index is 1.46. The molecule has 3 amide bonds. The lowest BCUT2D eigenvalue weighted by molar-refractivity contribution is -0.123. The van der Waals surface area contributed by atoms with Gasteiger partial charge in [0.15, 0.2) is 18.1 Å². The number of ether oxygens (including phenoxy) is 3. The summed E-state index contributed by atoms with van der Waals surface area (Å²) in [6, 6.07) is 16.1. The number of carbonyl (C=O) groups is 3. The summed E-state index contributed by atoms with van der Waals surface area (Å²) in [6.07, 6.45) is 1.54. The Morgan fingerprint density at radius 3 is 2.59 bits per heavy atom. The Morgan fingerprint density at radius 1 is 1.05 bits per heavy atom. The van der Waals surface area contributed by atoms with Crippen LogP contribution < -0.4 is 19.5 Å². The zero-order valence-corrected chi connectivity index (χ0v) is 22.6. The van der Waals surface area contributed by atoms with Crippen molar-refractivity contribution in [3.05, 3.63) is 87.5 Å². The smallest absolute Gasteiger partial charge is 0.293 e. The fourth-order valence-electron chi connectivity index (χ4n) is 3.71. The van der Waals surface area contributed by atoms with Crippen molar-refractivity contribution >= 4 is 52.2 Å². The molecular formula is C28H24ClFN2O6S. The van der Waals surface area contributed by atoms with Crippen LogP contribution in [-0.2, 0) is 16.1 Å². The Labute approximate surface area is 233 Å². The summed E-state index contributed by atoms with van der Waals surface area (Å²) in [7, 11) is 1.51. The molecule has 39 heavy (non-hydrogen) atoms. The van der Waals surface area contributed by atoms with Crippen LogP contribution in [0.4, 0.5) is 14.9 Å². The van der Waals surface area contributed by atoms with Crippen LogP contribution in [0.25, 0.3) is 6.08 Å². The zero-order chi connectivity index (χ0) is 27.9. The minimum absolute atomic E-state index is 0.0672. The lowest BCUT2D eigenvalue weighted by atomic mass is 10.1. The SMILES string of the molecule is CCOc1cc(C=C2SC(=O)N(Cc3c(F)cccc3Cl)C2=O)ccc1OCC(=O)Nc1ccccc1OC. The van der Waals surface area contributed by atoms with Gasteiger partial charge in [-0.1, -0.05) is 35.9 Å². The molecule has 0 radical (unpaired) electrons. The first-order valence-electron chi connectivity index (χ1n) is 11.8. The molecule has 0 aliphatic carbocycles. The monoisotopic (exact) mass is 570 g/mol. The van der Waals surface area contributed by atoms with Gasteiger partial charge in [-0.05, 0) is 66.7 Å². The summed E-state index contributed by atoms with van der Waals surface area (Å²) >= 11 is 6.81. The van der Waals surface area contributed by atoms with Crippen molar-refractivity contribution < 1.29 is 33.0 Å². The molecular weight excluding hydrogens is 547 g/mol. The number of rotatable bonds is 10. The molecule has 3 aromatic carbocycles. The predicted octanol–water partition coefficient (Wildman–Crippen LogP) is 6.14. The van der Waals surface area contributed by atoms with Crippen LogP contribution in [0.2, 0.25) is 5.02 Å². The maximum absolute atomic E-state index is 14.2. The minimum atomic E-state index is -0.598. The van der Waals surface area contributed by atoms with Gasteiger partial charge in [0.05, 0.1) is 30.9 Å². The number of amides is 3. The van der Waals surface area contributed by atoms with Gasteiger partial charge >= 0.3 is 0 Å². The quantitative estimate of drug-likeness (QED) is 0.293. The molecule has 202 valence electrons. The van der Waals surface area contributed by atoms with Crippen molar-refractivity contribution in [1.82, 2.24) is 4.90 Å². The lowest BCUT2D eigenvalue weighted by Gasteiger charge is -2.14. The third kappa shape index (κ3) is 6.71. The van der Waals surface area contributed by atoms with Gasteiger partial charge in [-0.15, -0.1) is 0 Å². The first-order valence-corrected chi connectivity index (χ1v) is 13.0. The topological polar surface area (TPSA) is 94.2 Å². The summed E-state index contributed by atoms with van der Waals surface area (Å²) in [5, 5.41) is 2.33. The highest BCUT2D eigenvalue weighted by atomic mass is 35.5. The molecule has 0 bridgehead atoms. The Bertz CT molecular complexity index is 1430. The predicted molar refractivity (Wildman–Crippen MR) is 148 cm³/mol. The number of thioether (sulfide) groups is 1. The first kappa shape index (κ1) is 28.0. The highest BCUT2D eigenvalue weighted by Crippen LogP contribution is 2.36. The van der Waals surface area contributed by atoms with Gasteiger partial charge in [0.2, 0.25) is 0 Å². The number of hydrogen-bond acceptors (Lipinski definition) is 7. The molecule has 1 saturated heterocycles. The van der Waals surface area contributed by atoms with Gasteiger partial charge in [-0.2, -0.15) is 0 Å². The molecule has 0 spiro atoms. The van der Waals surface area contributed by atoms with Crippen molar-refractivity contribution in [1.29, 1.82) is 0 Å². The van der Waals surface area contributed by atoms with Crippen LogP contribution in [0.3, 0.4) is 0 Å². The van der Waals surface area contributed by atoms with Crippen molar-refractivity contribution in [3.8, 4) is 17.2 Å². The molecule has 1 fully saturated rings. The number of nitrogens with zero attached hydrogens (tertiary/aromatic N) is 1. The molecule has 1 N–H and O–H groups in total. The first-order chi connectivity index (χ1) is 18.8. The molecule has 11 heteroatoms. The molecule has 3 aromatic rings. The number of para-hydroxylation sites is 2. The van der Waals surface area contributed by atoms with E-state index in [1.807, 2.05) is 0 Å². The second kappa shape index (κ2) is 12.7. The van der Waals surface area contributed by atoms with Gasteiger partial charge in [-0.25, -0.2) is 4.39 Å². The largest absolute Gasteiger partial charge is 0.495 e. The maximum Gasteiger partial charge on any atom is 0.293 e. The summed E-state index contributed by atoms with van der Waals surface area (Å²) in [5.74, 6) is -0.351. The number of halogens is 2. The number of methoxy groups -OCH3 is 1. The van der Waals surface area contributed by atoms with Crippen LogP contribution in [0.15, 0.2) is 65.6 Å². The molecule has 1 aliphatic heterocycles. The van der Waals surface area contributed by atoms with Crippen molar-refractivity contribution in [3.63, 3.8) is 0 Å². The number of benzene rings is 3. The third-order valence-corrected chi connectivity index (χ3v) is 6.82. The second-order valence-corrected chi connectivity index (χ2v) is 9.54. The summed E-state index contributed by atoms with van der Waals surface area (Å²) in [6.45, 7) is 1.56. The third-order valence-electron chi connectivity index (χ3n) is 5.56. The van der Waals surface area contributed by atoms with E-state index < -0.39 is 22.9 Å². The summed E-state index contributed by atoms with van der Waals surface area (Å²) in [4.78, 5) is 39.0. The molecule has 1 aliphatic rings. The zero-order valence-electron chi connectivity index (χ0n) is 21.0. The van der Waals surface area contributed by atoms with Crippen LogP contribution in [0.1, 0.15) is 18.1 Å². The highest BCUT2D eigenvalue weighted by Gasteiger charge is 2.36. The summed E-state index contributed by atoms with van der Waals surface area (Å²) < 4.78 is 30.8. The molecule has 0 saturated carbocycles. The molecule has 0 aromatic heterocycles. The molecule has 1 heterocycles. The number of hydrogen-bond donors (Lipinski definition) is 1. The van der Waals surface area contributed by atoms with E-state index in [2.05, 4.69) is 5.32 Å². The molecule has 0 atom stereocenters. The van der Waals surface area contributed by atoms with Crippen molar-refractivity contribution in [2.45, 2.75) is 13.5 Å². The number of imide groups is 1. The van der Waals surface area contributed by atoms with Gasteiger partial charge in [-0.3, -0.25) is 19.3 Å². The highest BCUT2D eigenvalue weighted by molar-refractivity contribution is 8.18. The second-order valence-electron chi connectivity index (χ2n) is 8.14. The standard InChI is InChI=1S/C28H24ClFN2O6S/c1-3-37-24-13-17(11-12-23(24)38-16-26(33)31-21-9-4-5-10-22(21)36-2)14-25-27(34)32(28(35)39-25)15-18-19(29)7-6-8-20(18)30/h4-14H,3,15-16H2,1-2H3,(H,31,33). The van der Waals surface area contributed by atoms with E-state index >= 15 is 0 Å². The van der Waals surface area contributed by atoms with E-state index in [1.54, 1.807) is 49.4 Å². The Morgan fingerprint density at radius 2 is 1.85 bits per heavy atom. The minimum Gasteiger partial charge on any atom is -0.495 e. The summed E-state index contributed by atoms with van der Waals surface area (Å²) in [5.41, 5.74) is 1.15. The van der Waals surface area contributed by atoms with Crippen molar-refractivity contribution in [2.75, 3.05) is 25.6 Å². The maximum atomic E-state index is 14.2. The van der Waals surface area contributed by atoms with Crippen LogP contribution in [0.5, 0.6) is 17.2 Å². The van der Waals surface area contributed by atoms with E-state index in [0.717, 1.165) is 16.7 Å². The fraction of sp³-hybridized carbons (Fsp3) is 0.179. The number of anilines is 1. The number of carbonyl (C=O) groups excluding carboxylic acids is 3. The average Bonchev–Trinajstić information content (AvgIpc) is 3.18. The van der Waals surface area contributed by atoms with E-state index in [1.165, 1.54) is 31.4 Å². The van der Waals surface area contributed by atoms with E-state index in [-0.39, 0.29) is 28.6 Å². The molecule has 0 unspecified atom stereocenters. The van der Waals surface area contributed by atoms with Crippen LogP contribution in [-0.4, -0.2) is 42.3 Å². The average molecular weight is 571 g/mol. The molecule has 4 rings (SSSR count). The van der Waals surface area contributed by atoms with E-state index in [9.17, 15) is 18.8 Å². The lowest BCUT2D eigenvalue weighted by Crippen LogP contribution is -2.28. The Hall–Kier alpha value is -4.02. The van der Waals surface area contributed by atoms with E-state index in [4.69, 9.17) is 25.8 Å². The Kier molecular flexibility index (Phi) is 9.11. The van der Waals surface area contributed by atoms with Gasteiger partial charge in [0, 0.05) is 10.6 Å². The van der Waals surface area contributed by atoms with E-state index in [0.29, 0.717) is 35.1 Å². The number of nitrogens with one attached hydrogen (secondary N) is 1. The van der Waals surface area contributed by atoms with Crippen LogP contribution in [0, 0.1) is 5.82 Å². The van der Waals surface area contributed by atoms with Crippen LogP contribution >= 0.6 is 23.4 Å².